The fraction of sp³-hybridized carbons (Fsp3) is 0.250. The Bertz CT molecular complexity index is 732. The zero-order valence-corrected chi connectivity index (χ0v) is 14.3. The van der Waals surface area contributed by atoms with Crippen molar-refractivity contribution in [3.8, 4) is 0 Å². The molecular weight excluding hydrogens is 342 g/mol. The second-order valence-electron chi connectivity index (χ2n) is 5.18. The number of hydrogen-bond donors (Lipinski definition) is 4. The van der Waals surface area contributed by atoms with Crippen molar-refractivity contribution < 1.29 is 14.4 Å². The molecule has 0 aliphatic rings. The van der Waals surface area contributed by atoms with Crippen molar-refractivity contribution in [1.29, 1.82) is 0 Å². The Hall–Kier alpha value is -2.94. The maximum atomic E-state index is 11.8. The molecule has 0 bridgehead atoms. The molecule has 1 heterocycles. The van der Waals surface area contributed by atoms with Crippen LogP contribution in [0.1, 0.15) is 17.7 Å². The first-order valence-corrected chi connectivity index (χ1v) is 8.49. The van der Waals surface area contributed by atoms with E-state index in [2.05, 4.69) is 20.9 Å². The lowest BCUT2D eigenvalue weighted by atomic mass is 10.2. The van der Waals surface area contributed by atoms with Gasteiger partial charge < -0.3 is 21.7 Å². The highest BCUT2D eigenvalue weighted by atomic mass is 32.1. The fourth-order valence-corrected chi connectivity index (χ4v) is 2.66. The molecule has 2 rings (SSSR count). The standard InChI is InChI=1S/C16H19N5O3S/c17-13(22)8-12-10-25-16(20-12)21-14(23)6-7-18-15(24)19-9-11-4-2-1-3-5-11/h1-5,10H,6-9H2,(H2,17,22)(H2,18,19,24)(H,20,21,23). The van der Waals surface area contributed by atoms with Crippen molar-refractivity contribution in [2.45, 2.75) is 19.4 Å². The minimum Gasteiger partial charge on any atom is -0.369 e. The molecule has 1 aromatic heterocycles. The molecule has 0 aliphatic heterocycles. The molecule has 0 unspecified atom stereocenters. The van der Waals surface area contributed by atoms with Crippen molar-refractivity contribution >= 4 is 34.3 Å². The lowest BCUT2D eigenvalue weighted by molar-refractivity contribution is -0.117. The Kier molecular flexibility index (Phi) is 6.90. The van der Waals surface area contributed by atoms with Gasteiger partial charge in [-0.2, -0.15) is 0 Å². The Balaban J connectivity index is 1.63. The number of benzene rings is 1. The monoisotopic (exact) mass is 361 g/mol. The van der Waals surface area contributed by atoms with Gasteiger partial charge in [-0.25, -0.2) is 9.78 Å². The minimum absolute atomic E-state index is 0.0372. The smallest absolute Gasteiger partial charge is 0.315 e. The van der Waals surface area contributed by atoms with E-state index in [9.17, 15) is 14.4 Å². The highest BCUT2D eigenvalue weighted by Crippen LogP contribution is 2.15. The quantitative estimate of drug-likeness (QED) is 0.559. The molecule has 4 amide bonds. The van der Waals surface area contributed by atoms with Crippen molar-refractivity contribution in [2.24, 2.45) is 5.73 Å². The number of carbonyl (C=O) groups excluding carboxylic acids is 3. The van der Waals surface area contributed by atoms with E-state index >= 15 is 0 Å². The van der Waals surface area contributed by atoms with Gasteiger partial charge in [0.15, 0.2) is 5.13 Å². The molecule has 0 fully saturated rings. The average Bonchev–Trinajstić information content (AvgIpc) is 3.00. The molecule has 0 radical (unpaired) electrons. The van der Waals surface area contributed by atoms with Gasteiger partial charge in [-0.1, -0.05) is 30.3 Å². The van der Waals surface area contributed by atoms with Crippen LogP contribution in [0.5, 0.6) is 0 Å². The maximum absolute atomic E-state index is 11.8. The van der Waals surface area contributed by atoms with Crippen LogP contribution >= 0.6 is 11.3 Å². The molecule has 0 saturated carbocycles. The second-order valence-corrected chi connectivity index (χ2v) is 6.04. The SMILES string of the molecule is NC(=O)Cc1csc(NC(=O)CCNC(=O)NCc2ccccc2)n1. The fourth-order valence-electron chi connectivity index (χ4n) is 1.94. The molecule has 8 nitrogen and oxygen atoms in total. The van der Waals surface area contributed by atoms with Crippen LogP contribution in [0.2, 0.25) is 0 Å². The van der Waals surface area contributed by atoms with E-state index in [0.29, 0.717) is 17.4 Å². The van der Waals surface area contributed by atoms with Gasteiger partial charge in [-0.05, 0) is 5.56 Å². The number of aromatic nitrogens is 1. The summed E-state index contributed by atoms with van der Waals surface area (Å²) in [5.74, 6) is -0.753. The maximum Gasteiger partial charge on any atom is 0.315 e. The van der Waals surface area contributed by atoms with Gasteiger partial charge in [-0.15, -0.1) is 11.3 Å². The number of nitrogens with zero attached hydrogens (tertiary/aromatic N) is 1. The van der Waals surface area contributed by atoms with E-state index in [4.69, 9.17) is 5.73 Å². The highest BCUT2D eigenvalue weighted by molar-refractivity contribution is 7.13. The van der Waals surface area contributed by atoms with Gasteiger partial charge in [0, 0.05) is 24.9 Å². The van der Waals surface area contributed by atoms with Gasteiger partial charge in [0.2, 0.25) is 11.8 Å². The highest BCUT2D eigenvalue weighted by Gasteiger charge is 2.09. The second kappa shape index (κ2) is 9.38. The van der Waals surface area contributed by atoms with Crippen LogP contribution in [0.15, 0.2) is 35.7 Å². The zero-order valence-electron chi connectivity index (χ0n) is 13.5. The van der Waals surface area contributed by atoms with Crippen LogP contribution < -0.4 is 21.7 Å². The Labute approximate surface area is 148 Å². The van der Waals surface area contributed by atoms with Gasteiger partial charge in [-0.3, -0.25) is 9.59 Å². The summed E-state index contributed by atoms with van der Waals surface area (Å²) >= 11 is 1.21. The summed E-state index contributed by atoms with van der Waals surface area (Å²) in [4.78, 5) is 38.3. The third kappa shape index (κ3) is 7.00. The van der Waals surface area contributed by atoms with Gasteiger partial charge in [0.1, 0.15) is 0 Å². The van der Waals surface area contributed by atoms with Crippen molar-refractivity contribution in [3.05, 3.63) is 47.0 Å². The first kappa shape index (κ1) is 18.4. The predicted molar refractivity (Wildman–Crippen MR) is 94.9 cm³/mol. The Morgan fingerprint density at radius 3 is 2.60 bits per heavy atom. The Morgan fingerprint density at radius 2 is 1.88 bits per heavy atom. The number of primary amides is 1. The van der Waals surface area contributed by atoms with E-state index in [-0.39, 0.29) is 31.3 Å². The van der Waals surface area contributed by atoms with Crippen LogP contribution in [0.25, 0.3) is 0 Å². The van der Waals surface area contributed by atoms with Gasteiger partial charge >= 0.3 is 6.03 Å². The molecule has 0 spiro atoms. The number of carbonyl (C=O) groups is 3. The van der Waals surface area contributed by atoms with E-state index in [1.165, 1.54) is 11.3 Å². The summed E-state index contributed by atoms with van der Waals surface area (Å²) in [5.41, 5.74) is 6.59. The molecule has 0 aliphatic carbocycles. The number of rotatable bonds is 8. The Morgan fingerprint density at radius 1 is 1.12 bits per heavy atom. The molecule has 9 heteroatoms. The topological polar surface area (TPSA) is 126 Å². The van der Waals surface area contributed by atoms with Crippen LogP contribution in [-0.2, 0) is 22.6 Å². The van der Waals surface area contributed by atoms with Crippen LogP contribution in [0.3, 0.4) is 0 Å². The van der Waals surface area contributed by atoms with Crippen molar-refractivity contribution in [2.75, 3.05) is 11.9 Å². The van der Waals surface area contributed by atoms with Gasteiger partial charge in [0.05, 0.1) is 12.1 Å². The molecule has 0 saturated heterocycles. The molecular formula is C16H19N5O3S. The molecule has 132 valence electrons. The number of thiazole rings is 1. The van der Waals surface area contributed by atoms with E-state index < -0.39 is 5.91 Å². The van der Waals surface area contributed by atoms with E-state index in [1.807, 2.05) is 30.3 Å². The summed E-state index contributed by atoms with van der Waals surface area (Å²) in [5, 5.41) is 9.99. The minimum atomic E-state index is -0.478. The van der Waals surface area contributed by atoms with E-state index in [1.54, 1.807) is 5.38 Å². The molecule has 5 N–H and O–H groups in total. The summed E-state index contributed by atoms with van der Waals surface area (Å²) in [6, 6.07) is 9.18. The van der Waals surface area contributed by atoms with Crippen LogP contribution in [0, 0.1) is 0 Å². The summed E-state index contributed by atoms with van der Waals surface area (Å²) in [6.07, 6.45) is 0.152. The summed E-state index contributed by atoms with van der Waals surface area (Å²) < 4.78 is 0. The normalized spacial score (nSPS) is 10.1. The number of hydrogen-bond acceptors (Lipinski definition) is 5. The third-order valence-electron chi connectivity index (χ3n) is 3.09. The number of nitrogens with two attached hydrogens (primary N) is 1. The van der Waals surface area contributed by atoms with Crippen LogP contribution in [-0.4, -0.2) is 29.4 Å². The first-order chi connectivity index (χ1) is 12.0. The van der Waals surface area contributed by atoms with Crippen molar-refractivity contribution in [1.82, 2.24) is 15.6 Å². The van der Waals surface area contributed by atoms with Crippen LogP contribution in [0.4, 0.5) is 9.93 Å². The molecule has 0 atom stereocenters. The molecule has 2 aromatic rings. The number of anilines is 1. The zero-order chi connectivity index (χ0) is 18.1. The largest absolute Gasteiger partial charge is 0.369 e. The lowest BCUT2D eigenvalue weighted by Gasteiger charge is -2.07. The summed E-state index contributed by atoms with van der Waals surface area (Å²) in [7, 11) is 0. The average molecular weight is 361 g/mol. The van der Waals surface area contributed by atoms with Gasteiger partial charge in [0.25, 0.3) is 0 Å². The predicted octanol–water partition coefficient (Wildman–Crippen LogP) is 0.999. The van der Waals surface area contributed by atoms with Crippen molar-refractivity contribution in [3.63, 3.8) is 0 Å². The number of nitrogens with one attached hydrogen (secondary N) is 3. The molecule has 1 aromatic carbocycles. The molecule has 25 heavy (non-hydrogen) atoms. The number of urea groups is 1. The first-order valence-electron chi connectivity index (χ1n) is 7.61. The third-order valence-corrected chi connectivity index (χ3v) is 3.89. The number of amides is 4. The van der Waals surface area contributed by atoms with E-state index in [0.717, 1.165) is 5.56 Å². The lowest BCUT2D eigenvalue weighted by Crippen LogP contribution is -2.36. The summed E-state index contributed by atoms with van der Waals surface area (Å²) in [6.45, 7) is 0.618.